The molecular weight excluding hydrogens is 362 g/mol. The maximum Gasteiger partial charge on any atom is 0.191 e. The van der Waals surface area contributed by atoms with Gasteiger partial charge in [-0.3, -0.25) is 0 Å². The minimum absolute atomic E-state index is 0.439. The topological polar surface area (TPSA) is 75.3 Å². The number of rotatable bonds is 7. The molecule has 0 bridgehead atoms. The van der Waals surface area contributed by atoms with Gasteiger partial charge in [0, 0.05) is 30.9 Å². The molecule has 0 fully saturated rings. The van der Waals surface area contributed by atoms with Crippen molar-refractivity contribution in [3.05, 3.63) is 71.1 Å². The summed E-state index contributed by atoms with van der Waals surface area (Å²) in [6, 6.07) is 15.6. The molecule has 140 valence electrons. The average molecular weight is 384 g/mol. The Morgan fingerprint density at radius 2 is 2.00 bits per heavy atom. The molecule has 2 N–H and O–H groups in total. The molecule has 2 heterocycles. The van der Waals surface area contributed by atoms with E-state index in [0.29, 0.717) is 11.7 Å². The van der Waals surface area contributed by atoms with E-state index < -0.39 is 0 Å². The Hall–Kier alpha value is -2.86. The molecule has 0 aliphatic rings. The molecule has 0 saturated heterocycles. The van der Waals surface area contributed by atoms with E-state index in [2.05, 4.69) is 25.8 Å². The third-order valence-corrected chi connectivity index (χ3v) is 4.08. The van der Waals surface area contributed by atoms with E-state index in [-0.39, 0.29) is 0 Å². The molecule has 0 aliphatic carbocycles. The van der Waals surface area contributed by atoms with Crippen molar-refractivity contribution in [1.82, 2.24) is 20.8 Å². The summed E-state index contributed by atoms with van der Waals surface area (Å²) < 4.78 is 5.41. The minimum atomic E-state index is 0.439. The normalized spacial score (nSPS) is 11.4. The van der Waals surface area contributed by atoms with Crippen LogP contribution in [0.15, 0.2) is 64.2 Å². The number of aliphatic imine (C=N–C) groups is 1. The van der Waals surface area contributed by atoms with Crippen molar-refractivity contribution >= 4 is 17.6 Å². The van der Waals surface area contributed by atoms with Crippen LogP contribution in [0.25, 0.3) is 11.3 Å². The highest BCUT2D eigenvalue weighted by Crippen LogP contribution is 2.19. The summed E-state index contributed by atoms with van der Waals surface area (Å²) in [5.74, 6) is 1.48. The number of nitrogens with zero attached hydrogens (tertiary/aromatic N) is 3. The number of halogens is 1. The van der Waals surface area contributed by atoms with Crippen LogP contribution in [0.3, 0.4) is 0 Å². The minimum Gasteiger partial charge on any atom is -0.357 e. The van der Waals surface area contributed by atoms with Crippen LogP contribution in [0, 0.1) is 0 Å². The number of nitrogens with one attached hydrogen (secondary N) is 2. The molecule has 0 spiro atoms. The lowest BCUT2D eigenvalue weighted by molar-refractivity contribution is 0.424. The van der Waals surface area contributed by atoms with Crippen LogP contribution < -0.4 is 10.6 Å². The van der Waals surface area contributed by atoms with Gasteiger partial charge in [-0.15, -0.1) is 0 Å². The van der Waals surface area contributed by atoms with Crippen LogP contribution in [-0.2, 0) is 13.0 Å². The Kier molecular flexibility index (Phi) is 6.82. The summed E-state index contributed by atoms with van der Waals surface area (Å²) in [4.78, 5) is 8.66. The van der Waals surface area contributed by atoms with E-state index in [1.807, 2.05) is 49.4 Å². The van der Waals surface area contributed by atoms with Gasteiger partial charge in [0.05, 0.1) is 6.54 Å². The summed E-state index contributed by atoms with van der Waals surface area (Å²) >= 11 is 5.81. The largest absolute Gasteiger partial charge is 0.357 e. The standard InChI is InChI=1S/C20H22ClN5O/c1-2-22-20(23-11-10-15-8-9-19(21)24-13-15)25-14-17-12-18(27-26-17)16-6-4-3-5-7-16/h3-9,12-13H,2,10-11,14H2,1H3,(H2,22,23,25). The molecule has 3 rings (SSSR count). The Labute approximate surface area is 163 Å². The summed E-state index contributed by atoms with van der Waals surface area (Å²) in [6.07, 6.45) is 2.62. The van der Waals surface area contributed by atoms with Gasteiger partial charge in [-0.1, -0.05) is 53.2 Å². The van der Waals surface area contributed by atoms with Crippen LogP contribution in [0.5, 0.6) is 0 Å². The van der Waals surface area contributed by atoms with E-state index in [4.69, 9.17) is 16.1 Å². The Balaban J connectivity index is 1.55. The van der Waals surface area contributed by atoms with Crippen LogP contribution in [0.4, 0.5) is 0 Å². The van der Waals surface area contributed by atoms with Crippen molar-refractivity contribution in [1.29, 1.82) is 0 Å². The van der Waals surface area contributed by atoms with Gasteiger partial charge in [0.1, 0.15) is 10.8 Å². The van der Waals surface area contributed by atoms with Crippen molar-refractivity contribution in [3.63, 3.8) is 0 Å². The first-order chi connectivity index (χ1) is 13.2. The third-order valence-electron chi connectivity index (χ3n) is 3.86. The van der Waals surface area contributed by atoms with Crippen molar-refractivity contribution in [2.45, 2.75) is 19.9 Å². The highest BCUT2D eigenvalue weighted by Gasteiger charge is 2.06. The molecular formula is C20H22ClN5O. The predicted molar refractivity (Wildman–Crippen MR) is 108 cm³/mol. The van der Waals surface area contributed by atoms with Crippen LogP contribution >= 0.6 is 11.6 Å². The SMILES string of the molecule is CCNC(=NCc1cc(-c2ccccc2)on1)NCCc1ccc(Cl)nc1. The van der Waals surface area contributed by atoms with E-state index in [1.165, 1.54) is 0 Å². The van der Waals surface area contributed by atoms with Crippen molar-refractivity contribution in [2.24, 2.45) is 4.99 Å². The number of aromatic nitrogens is 2. The third kappa shape index (κ3) is 5.82. The molecule has 0 unspecified atom stereocenters. The zero-order valence-electron chi connectivity index (χ0n) is 15.2. The molecule has 0 saturated carbocycles. The number of pyridine rings is 1. The zero-order valence-corrected chi connectivity index (χ0v) is 15.9. The van der Waals surface area contributed by atoms with Gasteiger partial charge in [0.15, 0.2) is 11.7 Å². The van der Waals surface area contributed by atoms with Crippen molar-refractivity contribution < 1.29 is 4.52 Å². The highest BCUT2D eigenvalue weighted by molar-refractivity contribution is 6.29. The fraction of sp³-hybridized carbons (Fsp3) is 0.250. The molecule has 7 heteroatoms. The predicted octanol–water partition coefficient (Wildman–Crippen LogP) is 3.69. The second kappa shape index (κ2) is 9.73. The Morgan fingerprint density at radius 1 is 1.15 bits per heavy atom. The van der Waals surface area contributed by atoms with Crippen LogP contribution in [0.2, 0.25) is 5.15 Å². The lowest BCUT2D eigenvalue weighted by Gasteiger charge is -2.10. The lowest BCUT2D eigenvalue weighted by atomic mass is 10.2. The smallest absolute Gasteiger partial charge is 0.191 e. The molecule has 0 atom stereocenters. The fourth-order valence-electron chi connectivity index (χ4n) is 2.51. The van der Waals surface area contributed by atoms with Gasteiger partial charge in [-0.25, -0.2) is 9.98 Å². The van der Waals surface area contributed by atoms with E-state index in [1.54, 1.807) is 12.3 Å². The first kappa shape index (κ1) is 18.9. The van der Waals surface area contributed by atoms with E-state index >= 15 is 0 Å². The molecule has 0 aliphatic heterocycles. The Bertz CT molecular complexity index is 862. The number of guanidine groups is 1. The fourth-order valence-corrected chi connectivity index (χ4v) is 2.62. The van der Waals surface area contributed by atoms with E-state index in [9.17, 15) is 0 Å². The van der Waals surface area contributed by atoms with Crippen LogP contribution in [-0.4, -0.2) is 29.2 Å². The average Bonchev–Trinajstić information content (AvgIpc) is 3.17. The molecule has 1 aromatic carbocycles. The summed E-state index contributed by atoms with van der Waals surface area (Å²) in [7, 11) is 0. The molecule has 2 aromatic heterocycles. The summed E-state index contributed by atoms with van der Waals surface area (Å²) in [5, 5.41) is 11.1. The number of benzene rings is 1. The molecule has 27 heavy (non-hydrogen) atoms. The van der Waals surface area contributed by atoms with E-state index in [0.717, 1.165) is 48.1 Å². The molecule has 0 radical (unpaired) electrons. The first-order valence-electron chi connectivity index (χ1n) is 8.88. The molecule has 6 nitrogen and oxygen atoms in total. The Morgan fingerprint density at radius 3 is 2.74 bits per heavy atom. The molecule has 0 amide bonds. The second-order valence-electron chi connectivity index (χ2n) is 5.91. The van der Waals surface area contributed by atoms with Crippen LogP contribution in [0.1, 0.15) is 18.2 Å². The summed E-state index contributed by atoms with van der Waals surface area (Å²) in [5.41, 5.74) is 2.90. The number of hydrogen-bond donors (Lipinski definition) is 2. The lowest BCUT2D eigenvalue weighted by Crippen LogP contribution is -2.38. The summed E-state index contributed by atoms with van der Waals surface area (Å²) in [6.45, 7) is 3.99. The van der Waals surface area contributed by atoms with Gasteiger partial charge in [-0.2, -0.15) is 0 Å². The zero-order chi connectivity index (χ0) is 18.9. The maximum absolute atomic E-state index is 5.81. The van der Waals surface area contributed by atoms with Gasteiger partial charge in [-0.05, 0) is 25.0 Å². The van der Waals surface area contributed by atoms with Gasteiger partial charge < -0.3 is 15.2 Å². The highest BCUT2D eigenvalue weighted by atomic mass is 35.5. The maximum atomic E-state index is 5.81. The second-order valence-corrected chi connectivity index (χ2v) is 6.30. The van der Waals surface area contributed by atoms with Gasteiger partial charge in [0.25, 0.3) is 0 Å². The number of hydrogen-bond acceptors (Lipinski definition) is 4. The van der Waals surface area contributed by atoms with Crippen molar-refractivity contribution in [2.75, 3.05) is 13.1 Å². The van der Waals surface area contributed by atoms with Gasteiger partial charge in [0.2, 0.25) is 0 Å². The first-order valence-corrected chi connectivity index (χ1v) is 9.26. The monoisotopic (exact) mass is 383 g/mol. The van der Waals surface area contributed by atoms with Gasteiger partial charge >= 0.3 is 0 Å². The quantitative estimate of drug-likeness (QED) is 0.369. The van der Waals surface area contributed by atoms with Crippen molar-refractivity contribution in [3.8, 4) is 11.3 Å². The molecule has 3 aromatic rings.